The fourth-order valence-electron chi connectivity index (χ4n) is 2.36. The van der Waals surface area contributed by atoms with Gasteiger partial charge in [-0.05, 0) is 31.3 Å². The Bertz CT molecular complexity index is 677. The lowest BCUT2D eigenvalue weighted by molar-refractivity contribution is 0.0690. The van der Waals surface area contributed by atoms with E-state index in [9.17, 15) is 9.90 Å². The molecule has 0 aliphatic carbocycles. The molecular weight excluding hydrogens is 306 g/mol. The second-order valence-corrected chi connectivity index (χ2v) is 5.67. The van der Waals surface area contributed by atoms with Gasteiger partial charge < -0.3 is 14.9 Å². The average Bonchev–Trinajstić information content (AvgIpc) is 2.94. The minimum absolute atomic E-state index is 0.0282. The second kappa shape index (κ2) is 5.94. The SMILES string of the molecule is CN1CCN(c2nn(-c3ccc(Cl)cc3)nc2C(=O)O)CC1. The maximum atomic E-state index is 11.5. The summed E-state index contributed by atoms with van der Waals surface area (Å²) in [5, 5.41) is 18.5. The van der Waals surface area contributed by atoms with Gasteiger partial charge in [0.1, 0.15) is 0 Å². The van der Waals surface area contributed by atoms with Crippen molar-refractivity contribution < 1.29 is 9.90 Å². The molecule has 1 aliphatic rings. The zero-order chi connectivity index (χ0) is 15.7. The number of carboxylic acids is 1. The number of benzene rings is 1. The van der Waals surface area contributed by atoms with E-state index < -0.39 is 5.97 Å². The molecule has 1 N–H and O–H groups in total. The molecule has 0 spiro atoms. The van der Waals surface area contributed by atoms with E-state index >= 15 is 0 Å². The van der Waals surface area contributed by atoms with Crippen molar-refractivity contribution in [1.29, 1.82) is 0 Å². The largest absolute Gasteiger partial charge is 0.476 e. The van der Waals surface area contributed by atoms with Crippen LogP contribution in [-0.2, 0) is 0 Å². The van der Waals surface area contributed by atoms with Crippen LogP contribution in [0.4, 0.5) is 5.82 Å². The van der Waals surface area contributed by atoms with Crippen molar-refractivity contribution in [3.8, 4) is 5.69 Å². The summed E-state index contributed by atoms with van der Waals surface area (Å²) in [4.78, 5) is 17.0. The van der Waals surface area contributed by atoms with E-state index in [4.69, 9.17) is 11.6 Å². The van der Waals surface area contributed by atoms with Gasteiger partial charge in [-0.3, -0.25) is 0 Å². The molecule has 7 nitrogen and oxygen atoms in total. The molecule has 2 aromatic rings. The minimum atomic E-state index is -1.07. The van der Waals surface area contributed by atoms with Gasteiger partial charge in [0.25, 0.3) is 0 Å². The third-order valence-electron chi connectivity index (χ3n) is 3.66. The third kappa shape index (κ3) is 2.90. The number of aromatic carboxylic acids is 1. The van der Waals surface area contributed by atoms with E-state index in [-0.39, 0.29) is 5.69 Å². The molecule has 116 valence electrons. The zero-order valence-corrected chi connectivity index (χ0v) is 12.9. The Kier molecular flexibility index (Phi) is 4.00. The molecule has 1 aromatic heterocycles. The fraction of sp³-hybridized carbons (Fsp3) is 0.357. The van der Waals surface area contributed by atoms with Crippen LogP contribution in [0, 0.1) is 0 Å². The van der Waals surface area contributed by atoms with Crippen LogP contribution in [0.5, 0.6) is 0 Å². The van der Waals surface area contributed by atoms with E-state index in [1.165, 1.54) is 4.80 Å². The molecule has 0 atom stereocenters. The molecule has 3 rings (SSSR count). The lowest BCUT2D eigenvalue weighted by atomic mass is 10.3. The summed E-state index contributed by atoms with van der Waals surface area (Å²) in [5.74, 6) is -0.662. The predicted octanol–water partition coefficient (Wildman–Crippen LogP) is 1.37. The van der Waals surface area contributed by atoms with Gasteiger partial charge in [-0.1, -0.05) is 11.6 Å². The molecule has 22 heavy (non-hydrogen) atoms. The first-order valence-electron chi connectivity index (χ1n) is 6.94. The summed E-state index contributed by atoms with van der Waals surface area (Å²) < 4.78 is 0. The Labute approximate surface area is 132 Å². The van der Waals surface area contributed by atoms with Crippen molar-refractivity contribution in [1.82, 2.24) is 19.9 Å². The number of hydrogen-bond acceptors (Lipinski definition) is 5. The van der Waals surface area contributed by atoms with Crippen molar-refractivity contribution in [2.75, 3.05) is 38.1 Å². The highest BCUT2D eigenvalue weighted by atomic mass is 35.5. The predicted molar refractivity (Wildman–Crippen MR) is 83.0 cm³/mol. The summed E-state index contributed by atoms with van der Waals surface area (Å²) in [6, 6.07) is 6.94. The van der Waals surface area contributed by atoms with Crippen molar-refractivity contribution in [3.05, 3.63) is 35.0 Å². The van der Waals surface area contributed by atoms with Crippen LogP contribution >= 0.6 is 11.6 Å². The minimum Gasteiger partial charge on any atom is -0.476 e. The zero-order valence-electron chi connectivity index (χ0n) is 12.1. The second-order valence-electron chi connectivity index (χ2n) is 5.23. The molecule has 0 bridgehead atoms. The van der Waals surface area contributed by atoms with Gasteiger partial charge in [0, 0.05) is 31.2 Å². The first kappa shape index (κ1) is 14.8. The smallest absolute Gasteiger partial charge is 0.360 e. The molecule has 0 radical (unpaired) electrons. The number of likely N-dealkylation sites (N-methyl/N-ethyl adjacent to an activating group) is 1. The molecule has 1 aromatic carbocycles. The first-order valence-corrected chi connectivity index (χ1v) is 7.32. The number of carboxylic acid groups (broad SMARTS) is 1. The van der Waals surface area contributed by atoms with Crippen LogP contribution in [-0.4, -0.2) is 64.2 Å². The number of piperazine rings is 1. The number of nitrogens with zero attached hydrogens (tertiary/aromatic N) is 5. The van der Waals surface area contributed by atoms with E-state index in [1.807, 2.05) is 11.9 Å². The van der Waals surface area contributed by atoms with Crippen LogP contribution in [0.3, 0.4) is 0 Å². The summed E-state index contributed by atoms with van der Waals surface area (Å²) in [6.07, 6.45) is 0. The number of rotatable bonds is 3. The summed E-state index contributed by atoms with van der Waals surface area (Å²) in [5.41, 5.74) is 0.645. The number of anilines is 1. The van der Waals surface area contributed by atoms with E-state index in [2.05, 4.69) is 15.1 Å². The summed E-state index contributed by atoms with van der Waals surface area (Å²) in [7, 11) is 2.04. The Balaban J connectivity index is 1.95. The lowest BCUT2D eigenvalue weighted by Gasteiger charge is -2.32. The Morgan fingerprint density at radius 2 is 1.77 bits per heavy atom. The lowest BCUT2D eigenvalue weighted by Crippen LogP contribution is -2.45. The molecular formula is C14H16ClN5O2. The molecule has 1 aliphatic heterocycles. The Morgan fingerprint density at radius 1 is 1.14 bits per heavy atom. The third-order valence-corrected chi connectivity index (χ3v) is 3.91. The topological polar surface area (TPSA) is 74.5 Å². The number of halogens is 1. The highest BCUT2D eigenvalue weighted by Gasteiger charge is 2.25. The Hall–Kier alpha value is -2.12. The molecule has 1 saturated heterocycles. The fourth-order valence-corrected chi connectivity index (χ4v) is 2.48. The number of hydrogen-bond donors (Lipinski definition) is 1. The van der Waals surface area contributed by atoms with Crippen LogP contribution in [0.2, 0.25) is 5.02 Å². The van der Waals surface area contributed by atoms with Crippen LogP contribution in [0.15, 0.2) is 24.3 Å². The van der Waals surface area contributed by atoms with Crippen LogP contribution in [0.25, 0.3) is 5.69 Å². The monoisotopic (exact) mass is 321 g/mol. The number of aromatic nitrogens is 3. The van der Waals surface area contributed by atoms with E-state index in [0.717, 1.165) is 26.2 Å². The Morgan fingerprint density at radius 3 is 2.36 bits per heavy atom. The molecule has 0 amide bonds. The van der Waals surface area contributed by atoms with Gasteiger partial charge in [0.15, 0.2) is 5.82 Å². The van der Waals surface area contributed by atoms with E-state index in [0.29, 0.717) is 16.5 Å². The van der Waals surface area contributed by atoms with Gasteiger partial charge in [-0.25, -0.2) is 4.79 Å². The molecule has 0 saturated carbocycles. The first-order chi connectivity index (χ1) is 10.5. The van der Waals surface area contributed by atoms with Crippen molar-refractivity contribution in [3.63, 3.8) is 0 Å². The van der Waals surface area contributed by atoms with E-state index in [1.54, 1.807) is 24.3 Å². The maximum absolute atomic E-state index is 11.5. The summed E-state index contributed by atoms with van der Waals surface area (Å²) >= 11 is 5.86. The van der Waals surface area contributed by atoms with Gasteiger partial charge >= 0.3 is 5.97 Å². The van der Waals surface area contributed by atoms with Crippen molar-refractivity contribution in [2.24, 2.45) is 0 Å². The maximum Gasteiger partial charge on any atom is 0.360 e. The average molecular weight is 322 g/mol. The van der Waals surface area contributed by atoms with Gasteiger partial charge in [0.2, 0.25) is 5.69 Å². The highest BCUT2D eigenvalue weighted by molar-refractivity contribution is 6.30. The molecule has 0 unspecified atom stereocenters. The summed E-state index contributed by atoms with van der Waals surface area (Å²) in [6.45, 7) is 3.20. The number of carbonyl (C=O) groups is 1. The van der Waals surface area contributed by atoms with Gasteiger partial charge in [-0.2, -0.15) is 0 Å². The van der Waals surface area contributed by atoms with Crippen LogP contribution in [0.1, 0.15) is 10.5 Å². The molecule has 2 heterocycles. The standard InChI is InChI=1S/C14H16ClN5O2/c1-18-6-8-19(9-7-18)13-12(14(21)22)16-20(17-13)11-4-2-10(15)3-5-11/h2-5H,6-9H2,1H3,(H,21,22). The quantitative estimate of drug-likeness (QED) is 0.920. The highest BCUT2D eigenvalue weighted by Crippen LogP contribution is 2.20. The molecule has 8 heteroatoms. The van der Waals surface area contributed by atoms with Crippen molar-refractivity contribution in [2.45, 2.75) is 0 Å². The van der Waals surface area contributed by atoms with Gasteiger partial charge in [-0.15, -0.1) is 15.0 Å². The molecule has 1 fully saturated rings. The van der Waals surface area contributed by atoms with Crippen molar-refractivity contribution >= 4 is 23.4 Å². The van der Waals surface area contributed by atoms with Gasteiger partial charge in [0.05, 0.1) is 5.69 Å². The van der Waals surface area contributed by atoms with Crippen LogP contribution < -0.4 is 4.90 Å². The normalized spacial score (nSPS) is 16.0.